The molecule has 0 fully saturated rings. The molecule has 3 nitrogen and oxygen atoms in total. The number of hydrogen-bond donors (Lipinski definition) is 1. The van der Waals surface area contributed by atoms with Crippen LogP contribution in [0.4, 0.5) is 0 Å². The number of hydrogen-bond acceptors (Lipinski definition) is 2. The van der Waals surface area contributed by atoms with Gasteiger partial charge in [0.2, 0.25) is 0 Å². The van der Waals surface area contributed by atoms with Crippen molar-refractivity contribution in [1.82, 2.24) is 9.55 Å². The van der Waals surface area contributed by atoms with Gasteiger partial charge in [-0.3, -0.25) is 4.57 Å². The molecule has 31 heavy (non-hydrogen) atoms. The first-order chi connectivity index (χ1) is 15.2. The lowest BCUT2D eigenvalue weighted by Gasteiger charge is -2.13. The predicted octanol–water partition coefficient (Wildman–Crippen LogP) is 7.47. The Kier molecular flexibility index (Phi) is 4.08. The van der Waals surface area contributed by atoms with Gasteiger partial charge in [-0.25, -0.2) is 4.98 Å². The highest BCUT2D eigenvalue weighted by Gasteiger charge is 2.21. The Morgan fingerprint density at radius 3 is 2.03 bits per heavy atom. The molecule has 1 N–H and O–H groups in total. The van der Waals surface area contributed by atoms with E-state index in [1.807, 2.05) is 36.4 Å². The predicted molar refractivity (Wildman–Crippen MR) is 131 cm³/mol. The molecule has 5 aromatic carbocycles. The van der Waals surface area contributed by atoms with Crippen molar-refractivity contribution in [2.45, 2.75) is 0 Å². The normalized spacial score (nSPS) is 11.5. The van der Waals surface area contributed by atoms with Crippen molar-refractivity contribution in [2.24, 2.45) is 0 Å². The second-order valence-corrected chi connectivity index (χ2v) is 8.47. The zero-order valence-electron chi connectivity index (χ0n) is 16.5. The zero-order valence-corrected chi connectivity index (χ0v) is 18.0. The molecule has 0 saturated heterocycles. The largest absolute Gasteiger partial charge is 0.507 e. The van der Waals surface area contributed by atoms with Crippen molar-refractivity contribution in [3.05, 3.63) is 102 Å². The molecule has 1 aromatic heterocycles. The third-order valence-corrected chi connectivity index (χ3v) is 6.24. The fraction of sp³-hybridized carbons (Fsp3) is 0. The third-order valence-electron chi connectivity index (χ3n) is 5.75. The number of phenolic OH excluding ortho intramolecular Hbond substituents is 1. The molecule has 0 radical (unpaired) electrons. The lowest BCUT2D eigenvalue weighted by atomic mass is 10.00. The highest BCUT2D eigenvalue weighted by Crippen LogP contribution is 2.41. The van der Waals surface area contributed by atoms with Gasteiger partial charge in [-0.1, -0.05) is 82.7 Å². The quantitative estimate of drug-likeness (QED) is 0.270. The number of rotatable bonds is 2. The Balaban J connectivity index is 1.89. The van der Waals surface area contributed by atoms with Gasteiger partial charge in [-0.2, -0.15) is 0 Å². The van der Waals surface area contributed by atoms with Crippen LogP contribution in [0, 0.1) is 0 Å². The first-order valence-corrected chi connectivity index (χ1v) is 10.9. The van der Waals surface area contributed by atoms with E-state index in [4.69, 9.17) is 4.98 Å². The zero-order chi connectivity index (χ0) is 20.9. The summed E-state index contributed by atoms with van der Waals surface area (Å²) in [5.41, 5.74) is 3.64. The molecule has 0 spiro atoms. The van der Waals surface area contributed by atoms with Crippen LogP contribution in [0.5, 0.6) is 5.75 Å². The average Bonchev–Trinajstić information content (AvgIpc) is 3.22. The van der Waals surface area contributed by atoms with Crippen LogP contribution >= 0.6 is 15.9 Å². The van der Waals surface area contributed by atoms with Gasteiger partial charge >= 0.3 is 0 Å². The molecule has 148 valence electrons. The van der Waals surface area contributed by atoms with Gasteiger partial charge < -0.3 is 5.11 Å². The maximum atomic E-state index is 10.7. The van der Waals surface area contributed by atoms with Crippen molar-refractivity contribution < 1.29 is 5.11 Å². The van der Waals surface area contributed by atoms with Gasteiger partial charge in [-0.15, -0.1) is 0 Å². The molecule has 1 heterocycles. The van der Waals surface area contributed by atoms with Crippen LogP contribution in [0.15, 0.2) is 102 Å². The molecule has 6 aromatic rings. The number of aromatic nitrogens is 2. The number of aromatic hydroxyl groups is 1. The van der Waals surface area contributed by atoms with E-state index in [-0.39, 0.29) is 5.75 Å². The van der Waals surface area contributed by atoms with E-state index in [2.05, 4.69) is 75.1 Å². The molecular weight excluding hydrogens is 448 g/mol. The van der Waals surface area contributed by atoms with Gasteiger partial charge in [0.15, 0.2) is 0 Å². The van der Waals surface area contributed by atoms with Gasteiger partial charge in [0, 0.05) is 20.9 Å². The maximum absolute atomic E-state index is 10.7. The van der Waals surface area contributed by atoms with Crippen LogP contribution in [0.3, 0.4) is 0 Å². The monoisotopic (exact) mass is 464 g/mol. The van der Waals surface area contributed by atoms with Crippen molar-refractivity contribution in [1.29, 1.82) is 0 Å². The van der Waals surface area contributed by atoms with Gasteiger partial charge in [0.25, 0.3) is 0 Å². The molecule has 0 amide bonds. The smallest absolute Gasteiger partial charge is 0.149 e. The fourth-order valence-corrected chi connectivity index (χ4v) is 4.76. The van der Waals surface area contributed by atoms with Crippen LogP contribution in [-0.2, 0) is 0 Å². The lowest BCUT2D eigenvalue weighted by molar-refractivity contribution is 0.476. The molecule has 0 aliphatic heterocycles. The second kappa shape index (κ2) is 6.96. The van der Waals surface area contributed by atoms with E-state index in [9.17, 15) is 5.11 Å². The lowest BCUT2D eigenvalue weighted by Crippen LogP contribution is -1.98. The summed E-state index contributed by atoms with van der Waals surface area (Å²) in [6.07, 6.45) is 0. The van der Waals surface area contributed by atoms with Crippen LogP contribution in [0.1, 0.15) is 0 Å². The molecule has 0 unspecified atom stereocenters. The van der Waals surface area contributed by atoms with E-state index in [0.717, 1.165) is 32.0 Å². The van der Waals surface area contributed by atoms with Crippen LogP contribution in [0.25, 0.3) is 49.7 Å². The summed E-state index contributed by atoms with van der Waals surface area (Å²) >= 11 is 3.55. The number of halogens is 1. The van der Waals surface area contributed by atoms with Gasteiger partial charge in [0.05, 0.1) is 16.6 Å². The molecule has 0 aliphatic carbocycles. The highest BCUT2D eigenvalue weighted by atomic mass is 79.9. The standard InChI is InChI=1S/C27H17BrN2O/c28-17-14-15-24(31)23(16-17)27-29-25-21-12-6-4-10-19(21)20-11-5-7-13-22(20)26(25)30(27)18-8-2-1-3-9-18/h1-16,31H. The summed E-state index contributed by atoms with van der Waals surface area (Å²) in [6.45, 7) is 0. The molecule has 0 saturated carbocycles. The maximum Gasteiger partial charge on any atom is 0.149 e. The molecule has 0 aliphatic rings. The summed E-state index contributed by atoms with van der Waals surface area (Å²) in [5.74, 6) is 0.908. The Morgan fingerprint density at radius 1 is 0.677 bits per heavy atom. The van der Waals surface area contributed by atoms with Crippen molar-refractivity contribution in [2.75, 3.05) is 0 Å². The average molecular weight is 465 g/mol. The summed E-state index contributed by atoms with van der Waals surface area (Å²) in [5, 5.41) is 15.3. The molecule has 0 atom stereocenters. The van der Waals surface area contributed by atoms with Crippen LogP contribution < -0.4 is 0 Å². The molecule has 0 bridgehead atoms. The van der Waals surface area contributed by atoms with E-state index < -0.39 is 0 Å². The SMILES string of the molecule is Oc1ccc(Br)cc1-c1nc2c3ccccc3c3ccccc3c2n1-c1ccccc1. The topological polar surface area (TPSA) is 38.1 Å². The Labute approximate surface area is 187 Å². The van der Waals surface area contributed by atoms with E-state index in [1.165, 1.54) is 10.8 Å². The van der Waals surface area contributed by atoms with Crippen molar-refractivity contribution >= 4 is 48.5 Å². The molecule has 6 rings (SSSR count). The summed E-state index contributed by atoms with van der Waals surface area (Å²) in [4.78, 5) is 5.12. The van der Waals surface area contributed by atoms with Gasteiger partial charge in [0.1, 0.15) is 11.6 Å². The minimum Gasteiger partial charge on any atom is -0.507 e. The van der Waals surface area contributed by atoms with Crippen LogP contribution in [0.2, 0.25) is 0 Å². The highest BCUT2D eigenvalue weighted by molar-refractivity contribution is 9.10. The van der Waals surface area contributed by atoms with E-state index in [0.29, 0.717) is 11.4 Å². The third kappa shape index (κ3) is 2.76. The Hall–Kier alpha value is -3.63. The number of nitrogens with zero attached hydrogens (tertiary/aromatic N) is 2. The van der Waals surface area contributed by atoms with E-state index in [1.54, 1.807) is 6.07 Å². The Bertz CT molecular complexity index is 1600. The minimum atomic E-state index is 0.198. The van der Waals surface area contributed by atoms with Crippen molar-refractivity contribution in [3.8, 4) is 22.8 Å². The van der Waals surface area contributed by atoms with Crippen molar-refractivity contribution in [3.63, 3.8) is 0 Å². The number of phenols is 1. The molecule has 4 heteroatoms. The molecular formula is C27H17BrN2O. The fourth-order valence-electron chi connectivity index (χ4n) is 4.40. The summed E-state index contributed by atoms with van der Waals surface area (Å²) in [6, 6.07) is 32.5. The Morgan fingerprint density at radius 2 is 1.29 bits per heavy atom. The number of benzene rings is 5. The van der Waals surface area contributed by atoms with E-state index >= 15 is 0 Å². The number of para-hydroxylation sites is 1. The van der Waals surface area contributed by atoms with Gasteiger partial charge in [-0.05, 0) is 41.1 Å². The second-order valence-electron chi connectivity index (χ2n) is 7.56. The van der Waals surface area contributed by atoms with Crippen LogP contribution in [-0.4, -0.2) is 14.7 Å². The number of imidazole rings is 1. The minimum absolute atomic E-state index is 0.198. The summed E-state index contributed by atoms with van der Waals surface area (Å²) in [7, 11) is 0. The number of fused-ring (bicyclic) bond motifs is 6. The summed E-state index contributed by atoms with van der Waals surface area (Å²) < 4.78 is 3.05. The first kappa shape index (κ1) is 18.2. The first-order valence-electron chi connectivity index (χ1n) is 10.1.